The zero-order chi connectivity index (χ0) is 29.6. The summed E-state index contributed by atoms with van der Waals surface area (Å²) in [5.41, 5.74) is 1.67. The van der Waals surface area contributed by atoms with Gasteiger partial charge < -0.3 is 25.0 Å². The number of sulfonamides is 1. The van der Waals surface area contributed by atoms with Gasteiger partial charge in [-0.3, -0.25) is 9.59 Å². The van der Waals surface area contributed by atoms with Crippen LogP contribution in [0.5, 0.6) is 5.75 Å². The molecule has 1 heterocycles. The number of amides is 2. The number of nitrogens with zero attached hydrogens (tertiary/aromatic N) is 3. The van der Waals surface area contributed by atoms with Crippen molar-refractivity contribution in [2.45, 2.75) is 50.7 Å². The first-order chi connectivity index (χ1) is 18.8. The molecule has 0 saturated carbocycles. The number of fused-ring (bicyclic) bond motifs is 1. The van der Waals surface area contributed by atoms with Crippen LogP contribution < -0.4 is 10.1 Å². The van der Waals surface area contributed by atoms with Gasteiger partial charge in [0.05, 0.1) is 29.7 Å². The Morgan fingerprint density at radius 2 is 1.85 bits per heavy atom. The van der Waals surface area contributed by atoms with Crippen LogP contribution in [-0.4, -0.2) is 99.0 Å². The summed E-state index contributed by atoms with van der Waals surface area (Å²) < 4.78 is 34.2. The molecular weight excluding hydrogens is 532 g/mol. The number of hydrogen-bond donors (Lipinski definition) is 2. The van der Waals surface area contributed by atoms with Gasteiger partial charge in [0.1, 0.15) is 11.9 Å². The van der Waals surface area contributed by atoms with E-state index in [0.29, 0.717) is 24.3 Å². The van der Waals surface area contributed by atoms with Gasteiger partial charge in [-0.1, -0.05) is 24.6 Å². The SMILES string of the molecule is Cc1ccc(S(=O)(=O)N(C)C[C@H]2Oc3ccc(NC(=O)CCCN(C)C)cc3C(=O)N([C@H](C)CO)C[C@H]2C)cc1. The monoisotopic (exact) mass is 574 g/mol. The fourth-order valence-corrected chi connectivity index (χ4v) is 5.72. The van der Waals surface area contributed by atoms with Gasteiger partial charge >= 0.3 is 0 Å². The second-order valence-corrected chi connectivity index (χ2v) is 12.9. The summed E-state index contributed by atoms with van der Waals surface area (Å²) in [5, 5.41) is 12.7. The van der Waals surface area contributed by atoms with E-state index in [0.717, 1.165) is 12.1 Å². The summed E-state index contributed by atoms with van der Waals surface area (Å²) in [6.45, 7) is 6.40. The van der Waals surface area contributed by atoms with Crippen molar-refractivity contribution in [3.63, 3.8) is 0 Å². The van der Waals surface area contributed by atoms with E-state index >= 15 is 0 Å². The van der Waals surface area contributed by atoms with Crippen LogP contribution in [0.2, 0.25) is 0 Å². The summed E-state index contributed by atoms with van der Waals surface area (Å²) in [6, 6.07) is 11.1. The van der Waals surface area contributed by atoms with Crippen molar-refractivity contribution in [2.75, 3.05) is 52.7 Å². The van der Waals surface area contributed by atoms with E-state index in [1.807, 2.05) is 32.8 Å². The Labute approximate surface area is 238 Å². The third-order valence-corrected chi connectivity index (χ3v) is 8.96. The van der Waals surface area contributed by atoms with Gasteiger partial charge in [-0.2, -0.15) is 4.31 Å². The third-order valence-electron chi connectivity index (χ3n) is 7.12. The van der Waals surface area contributed by atoms with Gasteiger partial charge in [0.15, 0.2) is 0 Å². The molecule has 2 N–H and O–H groups in total. The van der Waals surface area contributed by atoms with Crippen molar-refractivity contribution in [1.29, 1.82) is 0 Å². The Bertz CT molecular complexity index is 1280. The predicted octanol–water partition coefficient (Wildman–Crippen LogP) is 2.82. The third kappa shape index (κ3) is 7.81. The number of aryl methyl sites for hydroxylation is 1. The molecule has 0 fully saturated rings. The maximum Gasteiger partial charge on any atom is 0.258 e. The quantitative estimate of drug-likeness (QED) is 0.424. The number of benzene rings is 2. The van der Waals surface area contributed by atoms with Crippen molar-refractivity contribution in [3.8, 4) is 5.75 Å². The van der Waals surface area contributed by atoms with E-state index in [1.165, 1.54) is 11.4 Å². The van der Waals surface area contributed by atoms with Gasteiger partial charge in [0.2, 0.25) is 15.9 Å². The topological polar surface area (TPSA) is 119 Å². The number of hydrogen-bond acceptors (Lipinski definition) is 7. The molecule has 2 amide bonds. The Morgan fingerprint density at radius 3 is 2.48 bits per heavy atom. The predicted molar refractivity (Wildman–Crippen MR) is 155 cm³/mol. The molecule has 1 aliphatic rings. The summed E-state index contributed by atoms with van der Waals surface area (Å²) in [6.07, 6.45) is 0.456. The lowest BCUT2D eigenvalue weighted by molar-refractivity contribution is -0.116. The molecular formula is C29H42N4O6S. The van der Waals surface area contributed by atoms with Gasteiger partial charge in [-0.25, -0.2) is 8.42 Å². The van der Waals surface area contributed by atoms with Crippen LogP contribution in [0, 0.1) is 12.8 Å². The lowest BCUT2D eigenvalue weighted by atomic mass is 9.99. The van der Waals surface area contributed by atoms with E-state index in [4.69, 9.17) is 4.74 Å². The largest absolute Gasteiger partial charge is 0.488 e. The molecule has 2 aromatic rings. The van der Waals surface area contributed by atoms with Gasteiger partial charge in [-0.15, -0.1) is 0 Å². The van der Waals surface area contributed by atoms with Crippen LogP contribution in [0.3, 0.4) is 0 Å². The summed E-state index contributed by atoms with van der Waals surface area (Å²) >= 11 is 0. The minimum absolute atomic E-state index is 0.0523. The average Bonchev–Trinajstić information content (AvgIpc) is 2.90. The highest BCUT2D eigenvalue weighted by molar-refractivity contribution is 7.89. The number of rotatable bonds is 11. The maximum atomic E-state index is 13.6. The summed E-state index contributed by atoms with van der Waals surface area (Å²) in [7, 11) is 1.63. The first-order valence-electron chi connectivity index (χ1n) is 13.5. The summed E-state index contributed by atoms with van der Waals surface area (Å²) in [4.78, 5) is 29.9. The maximum absolute atomic E-state index is 13.6. The number of ether oxygens (including phenoxy) is 1. The molecule has 0 spiro atoms. The fraction of sp³-hybridized carbons (Fsp3) is 0.517. The lowest BCUT2D eigenvalue weighted by Gasteiger charge is -2.38. The highest BCUT2D eigenvalue weighted by atomic mass is 32.2. The Balaban J connectivity index is 1.89. The highest BCUT2D eigenvalue weighted by Gasteiger charge is 2.35. The van der Waals surface area contributed by atoms with Crippen molar-refractivity contribution in [3.05, 3.63) is 53.6 Å². The fourth-order valence-electron chi connectivity index (χ4n) is 4.54. The van der Waals surface area contributed by atoms with Crippen LogP contribution >= 0.6 is 0 Å². The zero-order valence-electron chi connectivity index (χ0n) is 24.3. The molecule has 0 bridgehead atoms. The Morgan fingerprint density at radius 1 is 1.18 bits per heavy atom. The minimum Gasteiger partial charge on any atom is -0.488 e. The Hall–Kier alpha value is -2.99. The standard InChI is InChI=1S/C29H42N4O6S/c1-20-9-12-24(13-10-20)40(37,38)32(6)18-27-21(2)17-33(22(3)19-34)29(36)25-16-23(11-14-26(25)39-27)30-28(35)8-7-15-31(4)5/h9-14,16,21-22,27,34H,7-8,15,17-19H2,1-6H3,(H,30,35)/t21-,22-,27-/m1/s1. The van der Waals surface area contributed by atoms with E-state index in [9.17, 15) is 23.1 Å². The van der Waals surface area contributed by atoms with E-state index in [2.05, 4.69) is 5.32 Å². The normalized spacial score (nSPS) is 18.6. The zero-order valence-corrected chi connectivity index (χ0v) is 25.1. The van der Waals surface area contributed by atoms with E-state index < -0.39 is 22.2 Å². The molecule has 10 nitrogen and oxygen atoms in total. The number of carbonyl (C=O) groups is 2. The molecule has 0 aromatic heterocycles. The van der Waals surface area contributed by atoms with Crippen molar-refractivity contribution < 1.29 is 27.9 Å². The average molecular weight is 575 g/mol. The molecule has 0 aliphatic carbocycles. The molecule has 0 saturated heterocycles. The van der Waals surface area contributed by atoms with Crippen LogP contribution in [0.15, 0.2) is 47.4 Å². The minimum atomic E-state index is -3.77. The highest BCUT2D eigenvalue weighted by Crippen LogP contribution is 2.31. The van der Waals surface area contributed by atoms with E-state index in [1.54, 1.807) is 54.3 Å². The lowest BCUT2D eigenvalue weighted by Crippen LogP contribution is -2.50. The molecule has 0 radical (unpaired) electrons. The second-order valence-electron chi connectivity index (χ2n) is 10.9. The van der Waals surface area contributed by atoms with Gasteiger partial charge in [0, 0.05) is 31.6 Å². The van der Waals surface area contributed by atoms with Crippen LogP contribution in [-0.2, 0) is 14.8 Å². The van der Waals surface area contributed by atoms with Crippen LogP contribution in [0.4, 0.5) is 5.69 Å². The number of carbonyl (C=O) groups excluding carboxylic acids is 2. The Kier molecular flexibility index (Phi) is 10.7. The molecule has 3 atom stereocenters. The van der Waals surface area contributed by atoms with Gasteiger partial charge in [0.25, 0.3) is 5.91 Å². The number of anilines is 1. The molecule has 3 rings (SSSR count). The van der Waals surface area contributed by atoms with Gasteiger partial charge in [-0.05, 0) is 71.2 Å². The van der Waals surface area contributed by atoms with Crippen LogP contribution in [0.25, 0.3) is 0 Å². The number of aliphatic hydroxyl groups excluding tert-OH is 1. The number of nitrogens with one attached hydrogen (secondary N) is 1. The molecule has 2 aromatic carbocycles. The first-order valence-corrected chi connectivity index (χ1v) is 15.0. The smallest absolute Gasteiger partial charge is 0.258 e. The molecule has 1 aliphatic heterocycles. The van der Waals surface area contributed by atoms with Crippen LogP contribution in [0.1, 0.15) is 42.6 Å². The molecule has 220 valence electrons. The molecule has 11 heteroatoms. The van der Waals surface area contributed by atoms with Crippen molar-refractivity contribution in [1.82, 2.24) is 14.1 Å². The number of aliphatic hydroxyl groups is 1. The van der Waals surface area contributed by atoms with Crippen molar-refractivity contribution >= 4 is 27.5 Å². The van der Waals surface area contributed by atoms with Crippen molar-refractivity contribution in [2.24, 2.45) is 5.92 Å². The first kappa shape index (κ1) is 31.5. The number of likely N-dealkylation sites (N-methyl/N-ethyl adjacent to an activating group) is 1. The molecule has 0 unspecified atom stereocenters. The summed E-state index contributed by atoms with van der Waals surface area (Å²) in [5.74, 6) is -0.441. The second kappa shape index (κ2) is 13.6. The molecule has 40 heavy (non-hydrogen) atoms. The van der Waals surface area contributed by atoms with E-state index in [-0.39, 0.29) is 47.9 Å².